The maximum Gasteiger partial charge on any atom is 0.410 e. The fourth-order valence-electron chi connectivity index (χ4n) is 2.96. The van der Waals surface area contributed by atoms with E-state index in [0.29, 0.717) is 13.1 Å². The number of sulfonamides is 1. The monoisotopic (exact) mass is 405 g/mol. The van der Waals surface area contributed by atoms with Crippen molar-refractivity contribution in [2.75, 3.05) is 31.9 Å². The SMILES string of the molecule is CCS(=O)(=O)NCCNC(=O)C(C)(C)[C@@H]1CCCN(C(=O)OC(C)(C)C)C1. The highest BCUT2D eigenvalue weighted by Crippen LogP contribution is 2.34. The number of likely N-dealkylation sites (tertiary alicyclic amines) is 1. The Morgan fingerprint density at radius 3 is 2.33 bits per heavy atom. The highest BCUT2D eigenvalue weighted by Gasteiger charge is 2.40. The summed E-state index contributed by atoms with van der Waals surface area (Å²) in [4.78, 5) is 26.6. The first-order valence-electron chi connectivity index (χ1n) is 9.52. The molecule has 1 aliphatic heterocycles. The highest BCUT2D eigenvalue weighted by molar-refractivity contribution is 7.89. The minimum Gasteiger partial charge on any atom is -0.444 e. The van der Waals surface area contributed by atoms with Crippen LogP contribution in [0.5, 0.6) is 0 Å². The van der Waals surface area contributed by atoms with Crippen LogP contribution in [0.25, 0.3) is 0 Å². The standard InChI is InChI=1S/C18H35N3O5S/c1-7-27(24,25)20-11-10-19-15(22)18(5,6)14-9-8-12-21(13-14)16(23)26-17(2,3)4/h14,20H,7-13H2,1-6H3,(H,19,22)/t14-/m1/s1. The van der Waals surface area contributed by atoms with E-state index in [2.05, 4.69) is 10.0 Å². The van der Waals surface area contributed by atoms with E-state index in [1.165, 1.54) is 0 Å². The molecular formula is C18H35N3O5S. The van der Waals surface area contributed by atoms with Crippen LogP contribution in [0.2, 0.25) is 0 Å². The normalized spacial score (nSPS) is 18.9. The molecule has 1 aliphatic rings. The smallest absolute Gasteiger partial charge is 0.410 e. The molecule has 1 atom stereocenters. The second-order valence-corrected chi connectivity index (χ2v) is 10.6. The van der Waals surface area contributed by atoms with Crippen LogP contribution in [0.15, 0.2) is 0 Å². The third-order valence-corrected chi connectivity index (χ3v) is 6.20. The molecule has 0 bridgehead atoms. The Labute approximate surface area is 163 Å². The molecule has 0 unspecified atom stereocenters. The van der Waals surface area contributed by atoms with Crippen LogP contribution >= 0.6 is 0 Å². The van der Waals surface area contributed by atoms with Gasteiger partial charge in [0.2, 0.25) is 15.9 Å². The van der Waals surface area contributed by atoms with Gasteiger partial charge in [-0.05, 0) is 46.5 Å². The number of nitrogens with zero attached hydrogens (tertiary/aromatic N) is 1. The fraction of sp³-hybridized carbons (Fsp3) is 0.889. The number of rotatable bonds is 7. The van der Waals surface area contributed by atoms with E-state index in [4.69, 9.17) is 4.74 Å². The molecule has 0 aromatic heterocycles. The zero-order valence-electron chi connectivity index (χ0n) is 17.4. The molecule has 27 heavy (non-hydrogen) atoms. The molecule has 8 nitrogen and oxygen atoms in total. The Morgan fingerprint density at radius 2 is 1.78 bits per heavy atom. The minimum absolute atomic E-state index is 0.00565. The van der Waals surface area contributed by atoms with Gasteiger partial charge in [0.05, 0.1) is 5.75 Å². The summed E-state index contributed by atoms with van der Waals surface area (Å²) in [6, 6.07) is 0. The van der Waals surface area contributed by atoms with Crippen molar-refractivity contribution in [3.8, 4) is 0 Å². The predicted octanol–water partition coefficient (Wildman–Crippen LogP) is 1.72. The maximum absolute atomic E-state index is 12.6. The van der Waals surface area contributed by atoms with Crippen LogP contribution in [0.3, 0.4) is 0 Å². The average molecular weight is 406 g/mol. The van der Waals surface area contributed by atoms with Crippen molar-refractivity contribution in [2.24, 2.45) is 11.3 Å². The molecule has 0 aromatic carbocycles. The lowest BCUT2D eigenvalue weighted by atomic mass is 9.74. The van der Waals surface area contributed by atoms with Crippen LogP contribution in [-0.4, -0.2) is 62.9 Å². The number of amides is 2. The number of carbonyl (C=O) groups excluding carboxylic acids is 2. The summed E-state index contributed by atoms with van der Waals surface area (Å²) in [5.74, 6) is -0.130. The predicted molar refractivity (Wildman–Crippen MR) is 105 cm³/mol. The second kappa shape index (κ2) is 9.23. The molecular weight excluding hydrogens is 370 g/mol. The molecule has 2 N–H and O–H groups in total. The highest BCUT2D eigenvalue weighted by atomic mass is 32.2. The van der Waals surface area contributed by atoms with E-state index >= 15 is 0 Å². The van der Waals surface area contributed by atoms with E-state index in [-0.39, 0.29) is 36.8 Å². The van der Waals surface area contributed by atoms with E-state index in [9.17, 15) is 18.0 Å². The lowest BCUT2D eigenvalue weighted by molar-refractivity contribution is -0.133. The number of nitrogens with one attached hydrogen (secondary N) is 2. The zero-order chi connectivity index (χ0) is 20.9. The van der Waals surface area contributed by atoms with Crippen LogP contribution in [-0.2, 0) is 19.6 Å². The summed E-state index contributed by atoms with van der Waals surface area (Å²) >= 11 is 0. The molecule has 0 radical (unpaired) electrons. The van der Waals surface area contributed by atoms with Gasteiger partial charge < -0.3 is 15.0 Å². The van der Waals surface area contributed by atoms with Crippen molar-refractivity contribution >= 4 is 22.0 Å². The summed E-state index contributed by atoms with van der Waals surface area (Å²) in [6.07, 6.45) is 1.32. The van der Waals surface area contributed by atoms with Crippen molar-refractivity contribution in [3.63, 3.8) is 0 Å². The van der Waals surface area contributed by atoms with Gasteiger partial charge in [-0.25, -0.2) is 17.9 Å². The maximum atomic E-state index is 12.6. The molecule has 9 heteroatoms. The fourth-order valence-corrected chi connectivity index (χ4v) is 3.57. The van der Waals surface area contributed by atoms with Crippen molar-refractivity contribution in [1.29, 1.82) is 0 Å². The van der Waals surface area contributed by atoms with Gasteiger partial charge in [-0.1, -0.05) is 13.8 Å². The molecule has 1 fully saturated rings. The van der Waals surface area contributed by atoms with Crippen LogP contribution in [0.4, 0.5) is 4.79 Å². The largest absolute Gasteiger partial charge is 0.444 e. The zero-order valence-corrected chi connectivity index (χ0v) is 18.2. The molecule has 0 spiro atoms. The van der Waals surface area contributed by atoms with E-state index in [1.54, 1.807) is 11.8 Å². The van der Waals surface area contributed by atoms with Gasteiger partial charge in [0.25, 0.3) is 0 Å². The number of hydrogen-bond acceptors (Lipinski definition) is 5. The van der Waals surface area contributed by atoms with Gasteiger partial charge in [-0.15, -0.1) is 0 Å². The molecule has 0 aromatic rings. The molecule has 1 rings (SSSR count). The molecule has 2 amide bonds. The number of ether oxygens (including phenoxy) is 1. The van der Waals surface area contributed by atoms with E-state index in [1.807, 2.05) is 34.6 Å². The summed E-state index contributed by atoms with van der Waals surface area (Å²) in [6.45, 7) is 12.3. The quantitative estimate of drug-likeness (QED) is 0.628. The first-order chi connectivity index (χ1) is 12.3. The molecule has 158 valence electrons. The van der Waals surface area contributed by atoms with Crippen LogP contribution in [0.1, 0.15) is 54.4 Å². The van der Waals surface area contributed by atoms with Gasteiger partial charge >= 0.3 is 6.09 Å². The van der Waals surface area contributed by atoms with Gasteiger partial charge in [-0.3, -0.25) is 4.79 Å². The van der Waals surface area contributed by atoms with Gasteiger partial charge in [0.15, 0.2) is 0 Å². The van der Waals surface area contributed by atoms with Crippen molar-refractivity contribution in [3.05, 3.63) is 0 Å². The summed E-state index contributed by atoms with van der Waals surface area (Å²) in [5, 5.41) is 2.80. The molecule has 0 aliphatic carbocycles. The Morgan fingerprint density at radius 1 is 1.15 bits per heavy atom. The Balaban J connectivity index is 2.59. The van der Waals surface area contributed by atoms with Crippen molar-refractivity contribution in [1.82, 2.24) is 14.9 Å². The van der Waals surface area contributed by atoms with E-state index in [0.717, 1.165) is 12.8 Å². The van der Waals surface area contributed by atoms with Gasteiger partial charge in [0.1, 0.15) is 5.60 Å². The lowest BCUT2D eigenvalue weighted by Crippen LogP contribution is -2.51. The van der Waals surface area contributed by atoms with Crippen LogP contribution < -0.4 is 10.0 Å². The number of piperidine rings is 1. The average Bonchev–Trinajstić information content (AvgIpc) is 2.57. The number of hydrogen-bond donors (Lipinski definition) is 2. The van der Waals surface area contributed by atoms with E-state index < -0.39 is 21.0 Å². The molecule has 0 saturated carbocycles. The first kappa shape index (κ1) is 23.7. The molecule has 1 saturated heterocycles. The second-order valence-electron chi connectivity index (χ2n) is 8.54. The minimum atomic E-state index is -3.26. The Bertz CT molecular complexity index is 625. The third kappa shape index (κ3) is 7.65. The summed E-state index contributed by atoms with van der Waals surface area (Å²) < 4.78 is 30.7. The van der Waals surface area contributed by atoms with Gasteiger partial charge in [-0.2, -0.15) is 0 Å². The lowest BCUT2D eigenvalue weighted by Gasteiger charge is -2.40. The topological polar surface area (TPSA) is 105 Å². The molecule has 1 heterocycles. The first-order valence-corrected chi connectivity index (χ1v) is 11.2. The number of carbonyl (C=O) groups is 2. The third-order valence-electron chi connectivity index (χ3n) is 4.79. The Hall–Kier alpha value is -1.35. The van der Waals surface area contributed by atoms with Gasteiger partial charge in [0, 0.05) is 31.6 Å². The summed E-state index contributed by atoms with van der Waals surface area (Å²) in [5.41, 5.74) is -1.23. The Kier molecular flexibility index (Phi) is 8.10. The summed E-state index contributed by atoms with van der Waals surface area (Å²) in [7, 11) is -3.26. The van der Waals surface area contributed by atoms with Crippen molar-refractivity contribution in [2.45, 2.75) is 60.0 Å². The van der Waals surface area contributed by atoms with Crippen molar-refractivity contribution < 1.29 is 22.7 Å². The van der Waals surface area contributed by atoms with Crippen LogP contribution in [0, 0.1) is 11.3 Å².